The third kappa shape index (κ3) is 3.07. The summed E-state index contributed by atoms with van der Waals surface area (Å²) in [7, 11) is 0. The van der Waals surface area contributed by atoms with Crippen molar-refractivity contribution in [1.82, 2.24) is 19.1 Å². The molecule has 140 valence electrons. The summed E-state index contributed by atoms with van der Waals surface area (Å²) in [5.74, 6) is -2.33. The van der Waals surface area contributed by atoms with Gasteiger partial charge >= 0.3 is 5.69 Å². The first-order valence-corrected chi connectivity index (χ1v) is 8.50. The van der Waals surface area contributed by atoms with Crippen LogP contribution in [0.25, 0.3) is 17.1 Å². The van der Waals surface area contributed by atoms with E-state index < -0.39 is 28.6 Å². The summed E-state index contributed by atoms with van der Waals surface area (Å²) in [6, 6.07) is 9.70. The van der Waals surface area contributed by atoms with Crippen LogP contribution in [0.15, 0.2) is 64.4 Å². The van der Waals surface area contributed by atoms with Crippen LogP contribution in [0, 0.1) is 11.6 Å². The van der Waals surface area contributed by atoms with Crippen molar-refractivity contribution >= 4 is 11.6 Å². The Balaban J connectivity index is 1.90. The molecule has 0 spiro atoms. The molecule has 0 bridgehead atoms. The van der Waals surface area contributed by atoms with Crippen molar-refractivity contribution in [3.05, 3.63) is 98.0 Å². The van der Waals surface area contributed by atoms with Gasteiger partial charge in [-0.1, -0.05) is 23.7 Å². The molecule has 1 aromatic heterocycles. The maximum Gasteiger partial charge on any atom is 0.357 e. The molecular weight excluding hydrogens is 390 g/mol. The standard InChI is InChI=1S/C19H11ClF2N4O2/c20-15-7-6-11(9-23-15)10-25-8-2-3-12-17(25)24-19(28)26(18(12)27)14-5-1-4-13(21)16(14)22/h1-9H,10H2. The van der Waals surface area contributed by atoms with Crippen LogP contribution < -0.4 is 11.2 Å². The largest absolute Gasteiger partial charge is 0.357 e. The van der Waals surface area contributed by atoms with E-state index in [1.807, 2.05) is 0 Å². The fourth-order valence-electron chi connectivity index (χ4n) is 2.88. The average molecular weight is 401 g/mol. The van der Waals surface area contributed by atoms with Gasteiger partial charge in [0.25, 0.3) is 5.56 Å². The van der Waals surface area contributed by atoms with Crippen molar-refractivity contribution in [2.75, 3.05) is 0 Å². The molecule has 2 aliphatic rings. The number of halogens is 3. The minimum Gasteiger partial charge on any atom is -0.328 e. The highest BCUT2D eigenvalue weighted by Gasteiger charge is 2.21. The van der Waals surface area contributed by atoms with Gasteiger partial charge in [0.15, 0.2) is 17.5 Å². The van der Waals surface area contributed by atoms with E-state index in [1.54, 1.807) is 35.2 Å². The molecule has 0 saturated heterocycles. The Morgan fingerprint density at radius 1 is 1.04 bits per heavy atom. The summed E-state index contributed by atoms with van der Waals surface area (Å²) in [4.78, 5) is 33.3. The van der Waals surface area contributed by atoms with Crippen LogP contribution in [0.5, 0.6) is 0 Å². The number of pyridine rings is 2. The summed E-state index contributed by atoms with van der Waals surface area (Å²) in [5.41, 5.74) is -1.41. The van der Waals surface area contributed by atoms with Gasteiger partial charge in [0, 0.05) is 12.4 Å². The number of hydrogen-bond donors (Lipinski definition) is 0. The van der Waals surface area contributed by atoms with Gasteiger partial charge in [-0.3, -0.25) is 4.79 Å². The van der Waals surface area contributed by atoms with Crippen molar-refractivity contribution in [1.29, 1.82) is 0 Å². The topological polar surface area (TPSA) is 69.8 Å². The number of hydrogen-bond acceptors (Lipinski definition) is 4. The Morgan fingerprint density at radius 2 is 1.86 bits per heavy atom. The number of benzene rings is 1. The van der Waals surface area contributed by atoms with Crippen molar-refractivity contribution in [2.45, 2.75) is 6.54 Å². The molecule has 2 aromatic rings. The Bertz CT molecular complexity index is 1270. The minimum atomic E-state index is -1.29. The third-order valence-electron chi connectivity index (χ3n) is 4.18. The van der Waals surface area contributed by atoms with E-state index >= 15 is 0 Å². The lowest BCUT2D eigenvalue weighted by Gasteiger charge is -2.15. The Labute approximate surface area is 161 Å². The molecule has 0 amide bonds. The van der Waals surface area contributed by atoms with E-state index in [-0.39, 0.29) is 17.9 Å². The molecule has 2 aliphatic heterocycles. The molecule has 0 atom stereocenters. The Kier molecular flexibility index (Phi) is 4.48. The van der Waals surface area contributed by atoms with Gasteiger partial charge in [-0.05, 0) is 35.9 Å². The maximum atomic E-state index is 14.1. The third-order valence-corrected chi connectivity index (χ3v) is 4.41. The van der Waals surface area contributed by atoms with Crippen molar-refractivity contribution in [2.24, 2.45) is 0 Å². The maximum absolute atomic E-state index is 14.1. The molecule has 1 aromatic carbocycles. The van der Waals surface area contributed by atoms with Gasteiger partial charge in [-0.2, -0.15) is 4.98 Å². The normalized spacial score (nSPS) is 11.1. The molecule has 0 radical (unpaired) electrons. The molecule has 0 fully saturated rings. The zero-order chi connectivity index (χ0) is 19.8. The first kappa shape index (κ1) is 18.0. The van der Waals surface area contributed by atoms with Gasteiger partial charge in [0.1, 0.15) is 5.15 Å². The molecule has 9 heteroatoms. The molecule has 6 nitrogen and oxygen atoms in total. The zero-order valence-electron chi connectivity index (χ0n) is 14.1. The van der Waals surface area contributed by atoms with Crippen LogP contribution in [0.2, 0.25) is 5.15 Å². The lowest BCUT2D eigenvalue weighted by molar-refractivity contribution is 0.502. The Morgan fingerprint density at radius 3 is 2.61 bits per heavy atom. The SMILES string of the molecule is O=c1nc2n(Cc3ccc(Cl)nc3)cccc-2c(=O)n1-c1cccc(F)c1F. The number of nitrogens with zero attached hydrogens (tertiary/aromatic N) is 4. The minimum absolute atomic E-state index is 0.0904. The lowest BCUT2D eigenvalue weighted by Crippen LogP contribution is -2.37. The summed E-state index contributed by atoms with van der Waals surface area (Å²) >= 11 is 5.78. The van der Waals surface area contributed by atoms with E-state index in [1.165, 1.54) is 12.1 Å². The van der Waals surface area contributed by atoms with Gasteiger partial charge in [-0.25, -0.2) is 23.1 Å². The smallest absolute Gasteiger partial charge is 0.328 e. The van der Waals surface area contributed by atoms with E-state index in [0.29, 0.717) is 9.72 Å². The summed E-state index contributed by atoms with van der Waals surface area (Å²) in [5, 5.41) is 0.339. The second-order valence-corrected chi connectivity index (χ2v) is 6.36. The van der Waals surface area contributed by atoms with Gasteiger partial charge in [0.05, 0.1) is 17.8 Å². The van der Waals surface area contributed by atoms with Crippen LogP contribution in [-0.4, -0.2) is 19.1 Å². The highest BCUT2D eigenvalue weighted by Crippen LogP contribution is 2.18. The van der Waals surface area contributed by atoms with Crippen LogP contribution in [0.1, 0.15) is 5.56 Å². The average Bonchev–Trinajstić information content (AvgIpc) is 2.67. The van der Waals surface area contributed by atoms with Crippen LogP contribution in [0.3, 0.4) is 0 Å². The van der Waals surface area contributed by atoms with Gasteiger partial charge in [0.2, 0.25) is 0 Å². The van der Waals surface area contributed by atoms with E-state index in [0.717, 1.165) is 17.7 Å². The quantitative estimate of drug-likeness (QED) is 0.496. The number of aromatic nitrogens is 4. The summed E-state index contributed by atoms with van der Waals surface area (Å²) in [6.07, 6.45) is 3.21. The molecule has 0 saturated carbocycles. The fourth-order valence-corrected chi connectivity index (χ4v) is 3.00. The van der Waals surface area contributed by atoms with E-state index in [9.17, 15) is 18.4 Å². The predicted octanol–water partition coefficient (Wildman–Crippen LogP) is 2.87. The molecular formula is C19H11ClF2N4O2. The van der Waals surface area contributed by atoms with Crippen molar-refractivity contribution in [3.63, 3.8) is 0 Å². The zero-order valence-corrected chi connectivity index (χ0v) is 14.9. The monoisotopic (exact) mass is 400 g/mol. The molecule has 3 heterocycles. The second kappa shape index (κ2) is 6.97. The number of rotatable bonds is 3. The summed E-state index contributed by atoms with van der Waals surface area (Å²) < 4.78 is 29.8. The van der Waals surface area contributed by atoms with E-state index in [2.05, 4.69) is 9.97 Å². The molecule has 0 unspecified atom stereocenters. The Hall–Kier alpha value is -3.39. The highest BCUT2D eigenvalue weighted by molar-refractivity contribution is 6.29. The predicted molar refractivity (Wildman–Crippen MR) is 99.0 cm³/mol. The summed E-state index contributed by atoms with van der Waals surface area (Å²) in [6.45, 7) is 0.283. The van der Waals surface area contributed by atoms with E-state index in [4.69, 9.17) is 11.6 Å². The van der Waals surface area contributed by atoms with Crippen LogP contribution in [-0.2, 0) is 6.54 Å². The molecule has 0 aliphatic carbocycles. The molecule has 0 N–H and O–H groups in total. The second-order valence-electron chi connectivity index (χ2n) is 5.97. The number of fused-ring (bicyclic) bond motifs is 1. The first-order chi connectivity index (χ1) is 13.5. The van der Waals surface area contributed by atoms with Crippen LogP contribution >= 0.6 is 11.6 Å². The van der Waals surface area contributed by atoms with Crippen molar-refractivity contribution < 1.29 is 8.78 Å². The fraction of sp³-hybridized carbons (Fsp3) is 0.0526. The molecule has 28 heavy (non-hydrogen) atoms. The van der Waals surface area contributed by atoms with Crippen LogP contribution in [0.4, 0.5) is 8.78 Å². The molecule has 4 rings (SSSR count). The lowest BCUT2D eigenvalue weighted by atomic mass is 10.2. The van der Waals surface area contributed by atoms with Crippen molar-refractivity contribution in [3.8, 4) is 17.1 Å². The van der Waals surface area contributed by atoms with Gasteiger partial charge in [-0.15, -0.1) is 0 Å². The first-order valence-electron chi connectivity index (χ1n) is 8.13. The van der Waals surface area contributed by atoms with Gasteiger partial charge < -0.3 is 4.57 Å². The highest BCUT2D eigenvalue weighted by atomic mass is 35.5.